The summed E-state index contributed by atoms with van der Waals surface area (Å²) in [5.41, 5.74) is 8.10. The van der Waals surface area contributed by atoms with Crippen LogP contribution in [0.2, 0.25) is 0 Å². The van der Waals surface area contributed by atoms with Crippen LogP contribution in [0, 0.1) is 0 Å². The van der Waals surface area contributed by atoms with Gasteiger partial charge < -0.3 is 11.1 Å². The van der Waals surface area contributed by atoms with Gasteiger partial charge in [0.25, 0.3) is 5.91 Å². The van der Waals surface area contributed by atoms with Gasteiger partial charge in [-0.2, -0.15) is 5.10 Å². The molecule has 1 heterocycles. The fraction of sp³-hybridized carbons (Fsp3) is 0.286. The lowest BCUT2D eigenvalue weighted by Gasteiger charge is -2.03. The van der Waals surface area contributed by atoms with E-state index < -0.39 is 0 Å². The molecular weight excluding hydrogens is 240 g/mol. The summed E-state index contributed by atoms with van der Waals surface area (Å²) in [6.07, 6.45) is 0. The second kappa shape index (κ2) is 5.67. The lowest BCUT2D eigenvalue weighted by molar-refractivity contribution is 0.102. The molecule has 100 valence electrons. The first-order chi connectivity index (χ1) is 9.10. The maximum Gasteiger partial charge on any atom is 0.256 e. The zero-order valence-corrected chi connectivity index (χ0v) is 11.1. The molecule has 2 rings (SSSR count). The molecule has 0 aliphatic heterocycles. The molecule has 0 atom stereocenters. The van der Waals surface area contributed by atoms with Crippen LogP contribution >= 0.6 is 0 Å². The van der Waals surface area contributed by atoms with Gasteiger partial charge in [0.2, 0.25) is 0 Å². The molecule has 0 saturated carbocycles. The van der Waals surface area contributed by atoms with Gasteiger partial charge >= 0.3 is 0 Å². The van der Waals surface area contributed by atoms with Crippen LogP contribution < -0.4 is 11.1 Å². The fourth-order valence-electron chi connectivity index (χ4n) is 1.68. The monoisotopic (exact) mass is 258 g/mol. The van der Waals surface area contributed by atoms with E-state index in [2.05, 4.69) is 29.4 Å². The number of nitrogens with zero attached hydrogens (tertiary/aromatic N) is 1. The molecule has 0 aliphatic rings. The van der Waals surface area contributed by atoms with Crippen LogP contribution in [0.4, 0.5) is 5.82 Å². The summed E-state index contributed by atoms with van der Waals surface area (Å²) in [6, 6.07) is 9.05. The normalized spacial score (nSPS) is 10.7. The molecule has 19 heavy (non-hydrogen) atoms. The highest BCUT2D eigenvalue weighted by Crippen LogP contribution is 2.15. The van der Waals surface area contributed by atoms with Gasteiger partial charge in [0, 0.05) is 23.9 Å². The lowest BCUT2D eigenvalue weighted by Crippen LogP contribution is -2.12. The maximum absolute atomic E-state index is 12.0. The minimum Gasteiger partial charge on any atom is -0.326 e. The topological polar surface area (TPSA) is 83.8 Å². The highest BCUT2D eigenvalue weighted by atomic mass is 16.1. The number of carbonyl (C=O) groups excluding carboxylic acids is 1. The molecule has 5 nitrogen and oxygen atoms in total. The highest BCUT2D eigenvalue weighted by molar-refractivity contribution is 6.03. The average Bonchev–Trinajstić information content (AvgIpc) is 2.87. The Morgan fingerprint density at radius 2 is 2.05 bits per heavy atom. The van der Waals surface area contributed by atoms with Crippen LogP contribution in [0.25, 0.3) is 0 Å². The first kappa shape index (κ1) is 13.3. The van der Waals surface area contributed by atoms with Crippen molar-refractivity contribution < 1.29 is 4.79 Å². The molecule has 5 heteroatoms. The predicted octanol–water partition coefficient (Wildman–Crippen LogP) is 2.24. The van der Waals surface area contributed by atoms with E-state index in [0.29, 0.717) is 23.8 Å². The van der Waals surface area contributed by atoms with Gasteiger partial charge in [-0.1, -0.05) is 26.0 Å². The Bertz CT molecular complexity index is 557. The number of aromatic amines is 1. The van der Waals surface area contributed by atoms with Crippen molar-refractivity contribution in [1.82, 2.24) is 10.2 Å². The summed E-state index contributed by atoms with van der Waals surface area (Å²) < 4.78 is 0. The molecule has 0 radical (unpaired) electrons. The number of rotatable bonds is 4. The fourth-order valence-corrected chi connectivity index (χ4v) is 1.68. The first-order valence-electron chi connectivity index (χ1n) is 6.26. The molecule has 0 bridgehead atoms. The number of nitrogens with one attached hydrogen (secondary N) is 2. The lowest BCUT2D eigenvalue weighted by atomic mass is 10.1. The molecule has 0 fully saturated rings. The molecule has 0 saturated heterocycles. The smallest absolute Gasteiger partial charge is 0.256 e. The van der Waals surface area contributed by atoms with E-state index in [9.17, 15) is 4.79 Å². The van der Waals surface area contributed by atoms with Gasteiger partial charge in [-0.25, -0.2) is 0 Å². The number of carbonyl (C=O) groups is 1. The predicted molar refractivity (Wildman–Crippen MR) is 75.0 cm³/mol. The van der Waals surface area contributed by atoms with Gasteiger partial charge in [0.05, 0.1) is 0 Å². The van der Waals surface area contributed by atoms with Crippen molar-refractivity contribution >= 4 is 11.7 Å². The van der Waals surface area contributed by atoms with Crippen molar-refractivity contribution in [2.75, 3.05) is 5.32 Å². The number of aromatic nitrogens is 2. The van der Waals surface area contributed by atoms with Crippen LogP contribution in [0.3, 0.4) is 0 Å². The molecule has 0 unspecified atom stereocenters. The van der Waals surface area contributed by atoms with Crippen molar-refractivity contribution in [3.63, 3.8) is 0 Å². The molecule has 0 spiro atoms. The SMILES string of the molecule is CC(C)c1cc(NC(=O)c2ccc(CN)cc2)n[nH]1. The van der Waals surface area contributed by atoms with Crippen LogP contribution in [0.15, 0.2) is 30.3 Å². The third-order valence-electron chi connectivity index (χ3n) is 2.91. The third kappa shape index (κ3) is 3.20. The number of hydrogen-bond acceptors (Lipinski definition) is 3. The summed E-state index contributed by atoms with van der Waals surface area (Å²) in [7, 11) is 0. The van der Waals surface area contributed by atoms with Gasteiger partial charge in [0.1, 0.15) is 0 Å². The van der Waals surface area contributed by atoms with Gasteiger partial charge in [-0.3, -0.25) is 9.89 Å². The molecule has 2 aromatic rings. The largest absolute Gasteiger partial charge is 0.326 e. The van der Waals surface area contributed by atoms with Crippen molar-refractivity contribution in [3.05, 3.63) is 47.2 Å². The molecular formula is C14H18N4O. The Balaban J connectivity index is 2.06. The summed E-state index contributed by atoms with van der Waals surface area (Å²) in [5, 5.41) is 9.72. The Kier molecular flexibility index (Phi) is 3.97. The minimum atomic E-state index is -0.176. The second-order valence-corrected chi connectivity index (χ2v) is 4.72. The summed E-state index contributed by atoms with van der Waals surface area (Å²) in [4.78, 5) is 12.0. The Morgan fingerprint density at radius 1 is 1.37 bits per heavy atom. The molecule has 0 aliphatic carbocycles. The van der Waals surface area contributed by atoms with E-state index in [-0.39, 0.29) is 5.91 Å². The van der Waals surface area contributed by atoms with E-state index in [1.54, 1.807) is 12.1 Å². The molecule has 1 amide bonds. The van der Waals surface area contributed by atoms with Crippen molar-refractivity contribution in [1.29, 1.82) is 0 Å². The Labute approximate surface area is 112 Å². The number of hydrogen-bond donors (Lipinski definition) is 3. The van der Waals surface area contributed by atoms with E-state index in [0.717, 1.165) is 11.3 Å². The zero-order valence-electron chi connectivity index (χ0n) is 11.1. The van der Waals surface area contributed by atoms with Crippen LogP contribution in [0.5, 0.6) is 0 Å². The number of amides is 1. The van der Waals surface area contributed by atoms with E-state index >= 15 is 0 Å². The standard InChI is InChI=1S/C14H18N4O/c1-9(2)12-7-13(18-17-12)16-14(19)11-5-3-10(8-15)4-6-11/h3-7,9H,8,15H2,1-2H3,(H2,16,17,18,19). The second-order valence-electron chi connectivity index (χ2n) is 4.72. The molecule has 1 aromatic carbocycles. The minimum absolute atomic E-state index is 0.176. The van der Waals surface area contributed by atoms with Crippen molar-refractivity contribution in [3.8, 4) is 0 Å². The first-order valence-corrected chi connectivity index (χ1v) is 6.26. The van der Waals surface area contributed by atoms with E-state index in [4.69, 9.17) is 5.73 Å². The third-order valence-corrected chi connectivity index (χ3v) is 2.91. The van der Waals surface area contributed by atoms with Crippen LogP contribution in [-0.2, 0) is 6.54 Å². The average molecular weight is 258 g/mol. The van der Waals surface area contributed by atoms with E-state index in [1.165, 1.54) is 0 Å². The Morgan fingerprint density at radius 3 is 2.58 bits per heavy atom. The number of nitrogens with two attached hydrogens (primary N) is 1. The number of H-pyrrole nitrogens is 1. The zero-order chi connectivity index (χ0) is 13.8. The number of anilines is 1. The maximum atomic E-state index is 12.0. The van der Waals surface area contributed by atoms with Crippen LogP contribution in [-0.4, -0.2) is 16.1 Å². The van der Waals surface area contributed by atoms with Gasteiger partial charge in [-0.15, -0.1) is 0 Å². The van der Waals surface area contributed by atoms with E-state index in [1.807, 2.05) is 18.2 Å². The number of benzene rings is 1. The Hall–Kier alpha value is -2.14. The van der Waals surface area contributed by atoms with Crippen molar-refractivity contribution in [2.45, 2.75) is 26.3 Å². The summed E-state index contributed by atoms with van der Waals surface area (Å²) in [5.74, 6) is 0.712. The summed E-state index contributed by atoms with van der Waals surface area (Å²) in [6.45, 7) is 4.59. The van der Waals surface area contributed by atoms with Gasteiger partial charge in [0.15, 0.2) is 5.82 Å². The summed E-state index contributed by atoms with van der Waals surface area (Å²) >= 11 is 0. The quantitative estimate of drug-likeness (QED) is 0.786. The molecule has 1 aromatic heterocycles. The van der Waals surface area contributed by atoms with Crippen molar-refractivity contribution in [2.24, 2.45) is 5.73 Å². The molecule has 4 N–H and O–H groups in total. The highest BCUT2D eigenvalue weighted by Gasteiger charge is 2.09. The van der Waals surface area contributed by atoms with Gasteiger partial charge in [-0.05, 0) is 23.6 Å². The van der Waals surface area contributed by atoms with Crippen LogP contribution in [0.1, 0.15) is 41.4 Å².